The molecule has 0 aliphatic carbocycles. The zero-order chi connectivity index (χ0) is 21.6. The summed E-state index contributed by atoms with van der Waals surface area (Å²) in [5, 5.41) is 13.4. The molecule has 1 N–H and O–H groups in total. The molecular weight excluding hydrogens is 386 g/mol. The van der Waals surface area contributed by atoms with Crippen LogP contribution in [0.15, 0.2) is 30.5 Å². The average molecular weight is 405 g/mol. The number of imide groups is 1. The molecule has 11 heteroatoms. The van der Waals surface area contributed by atoms with Crippen molar-refractivity contribution in [1.29, 1.82) is 0 Å². The van der Waals surface area contributed by atoms with E-state index in [0.717, 1.165) is 12.1 Å². The molecule has 2 rings (SSSR count). The summed E-state index contributed by atoms with van der Waals surface area (Å²) in [7, 11) is 2.93. The van der Waals surface area contributed by atoms with E-state index in [1.165, 1.54) is 17.7 Å². The van der Waals surface area contributed by atoms with Crippen molar-refractivity contribution in [2.24, 2.45) is 7.05 Å². The maximum absolute atomic E-state index is 12.3. The van der Waals surface area contributed by atoms with Crippen LogP contribution in [0.1, 0.15) is 27.8 Å². The molecule has 0 unspecified atom stereocenters. The number of ether oxygens (including phenoxy) is 3. The first kappa shape index (κ1) is 21.4. The second-order valence-electron chi connectivity index (χ2n) is 5.67. The van der Waals surface area contributed by atoms with Gasteiger partial charge in [-0.2, -0.15) is 0 Å². The maximum atomic E-state index is 12.3. The van der Waals surface area contributed by atoms with Crippen LogP contribution >= 0.6 is 0 Å². The normalized spacial score (nSPS) is 10.2. The minimum atomic E-state index is -1.13. The zero-order valence-corrected chi connectivity index (χ0v) is 16.0. The predicted octanol–water partition coefficient (Wildman–Crippen LogP) is 1.45. The van der Waals surface area contributed by atoms with Gasteiger partial charge in [-0.05, 0) is 19.1 Å². The van der Waals surface area contributed by atoms with Gasteiger partial charge in [0.15, 0.2) is 18.1 Å². The number of carbonyl (C=O) groups is 3. The molecule has 0 atom stereocenters. The fraction of sp³-hybridized carbons (Fsp3) is 0.278. The van der Waals surface area contributed by atoms with Gasteiger partial charge in [0.05, 0.1) is 24.7 Å². The standard InChI is InChI=1S/C18H19N3O8/c1-4-28-15-9-13(21(25)26)11(8-14(15)27-3)18(24)29-10-16(22)19-17(23)12-6-5-7-20(12)2/h5-9H,4,10H2,1-3H3,(H,19,22,23). The second kappa shape index (κ2) is 9.35. The van der Waals surface area contributed by atoms with Crippen molar-refractivity contribution in [3.05, 3.63) is 51.8 Å². The minimum absolute atomic E-state index is 0.0872. The molecule has 0 saturated carbocycles. The number of aromatic nitrogens is 1. The first-order valence-corrected chi connectivity index (χ1v) is 8.40. The van der Waals surface area contributed by atoms with Crippen molar-refractivity contribution in [3.8, 4) is 11.5 Å². The number of nitro groups is 1. The summed E-state index contributed by atoms with van der Waals surface area (Å²) in [6.07, 6.45) is 1.62. The van der Waals surface area contributed by atoms with Crippen LogP contribution in [0.25, 0.3) is 0 Å². The largest absolute Gasteiger partial charge is 0.493 e. The molecule has 0 aliphatic heterocycles. The molecule has 0 spiro atoms. The van der Waals surface area contributed by atoms with Gasteiger partial charge in [0.1, 0.15) is 11.3 Å². The number of carbonyl (C=O) groups excluding carboxylic acids is 3. The lowest BCUT2D eigenvalue weighted by atomic mass is 10.1. The molecule has 2 aromatic rings. The summed E-state index contributed by atoms with van der Waals surface area (Å²) in [6.45, 7) is 1.11. The first-order valence-electron chi connectivity index (χ1n) is 8.40. The maximum Gasteiger partial charge on any atom is 0.345 e. The molecule has 1 aromatic heterocycles. The summed E-state index contributed by atoms with van der Waals surface area (Å²) >= 11 is 0. The van der Waals surface area contributed by atoms with E-state index in [-0.39, 0.29) is 23.8 Å². The van der Waals surface area contributed by atoms with E-state index >= 15 is 0 Å². The molecule has 29 heavy (non-hydrogen) atoms. The van der Waals surface area contributed by atoms with E-state index < -0.39 is 40.6 Å². The average Bonchev–Trinajstić information content (AvgIpc) is 3.12. The van der Waals surface area contributed by atoms with Crippen LogP contribution in [0.5, 0.6) is 11.5 Å². The number of aryl methyl sites for hydroxylation is 1. The number of methoxy groups -OCH3 is 1. The number of nitro benzene ring substituents is 1. The molecule has 11 nitrogen and oxygen atoms in total. The highest BCUT2D eigenvalue weighted by molar-refractivity contribution is 6.05. The lowest BCUT2D eigenvalue weighted by Gasteiger charge is -2.11. The van der Waals surface area contributed by atoms with Gasteiger partial charge in [-0.25, -0.2) is 4.79 Å². The van der Waals surface area contributed by atoms with Gasteiger partial charge in [-0.15, -0.1) is 0 Å². The van der Waals surface area contributed by atoms with Crippen LogP contribution in [0.3, 0.4) is 0 Å². The van der Waals surface area contributed by atoms with Crippen LogP contribution < -0.4 is 14.8 Å². The SMILES string of the molecule is CCOc1cc([N+](=O)[O-])c(C(=O)OCC(=O)NC(=O)c2cccn2C)cc1OC. The van der Waals surface area contributed by atoms with Crippen molar-refractivity contribution >= 4 is 23.5 Å². The summed E-state index contributed by atoms with van der Waals surface area (Å²) in [6, 6.07) is 5.26. The molecular formula is C18H19N3O8. The van der Waals surface area contributed by atoms with Gasteiger partial charge in [0.2, 0.25) is 0 Å². The molecule has 0 radical (unpaired) electrons. The Hall–Kier alpha value is -3.89. The number of amides is 2. The van der Waals surface area contributed by atoms with Crippen LogP contribution in [-0.4, -0.2) is 47.6 Å². The van der Waals surface area contributed by atoms with E-state index in [2.05, 4.69) is 5.32 Å². The Labute approximate surface area is 165 Å². The fourth-order valence-electron chi connectivity index (χ4n) is 2.42. The smallest absolute Gasteiger partial charge is 0.345 e. The molecule has 2 amide bonds. The number of rotatable bonds is 8. The predicted molar refractivity (Wildman–Crippen MR) is 99.0 cm³/mol. The third kappa shape index (κ3) is 5.09. The zero-order valence-electron chi connectivity index (χ0n) is 16.0. The highest BCUT2D eigenvalue weighted by Crippen LogP contribution is 2.35. The van der Waals surface area contributed by atoms with E-state index in [0.29, 0.717) is 0 Å². The number of esters is 1. The van der Waals surface area contributed by atoms with Gasteiger partial charge < -0.3 is 18.8 Å². The van der Waals surface area contributed by atoms with Gasteiger partial charge in [-0.3, -0.25) is 25.0 Å². The van der Waals surface area contributed by atoms with Gasteiger partial charge in [-0.1, -0.05) is 0 Å². The fourth-order valence-corrected chi connectivity index (χ4v) is 2.42. The molecule has 0 aliphatic rings. The summed E-state index contributed by atoms with van der Waals surface area (Å²) < 4.78 is 16.6. The van der Waals surface area contributed by atoms with Gasteiger partial charge in [0.25, 0.3) is 17.5 Å². The molecule has 0 bridgehead atoms. The number of nitrogens with one attached hydrogen (secondary N) is 1. The van der Waals surface area contributed by atoms with Crippen molar-refractivity contribution in [1.82, 2.24) is 9.88 Å². The van der Waals surface area contributed by atoms with Crippen LogP contribution in [0.4, 0.5) is 5.69 Å². The third-order valence-electron chi connectivity index (χ3n) is 3.76. The Morgan fingerprint density at radius 3 is 2.52 bits per heavy atom. The number of nitrogens with zero attached hydrogens (tertiary/aromatic N) is 2. The van der Waals surface area contributed by atoms with Crippen LogP contribution in [0.2, 0.25) is 0 Å². The molecule has 154 valence electrons. The molecule has 1 heterocycles. The molecule has 0 saturated heterocycles. The number of benzene rings is 1. The summed E-state index contributed by atoms with van der Waals surface area (Å²) in [4.78, 5) is 46.7. The number of hydrogen-bond acceptors (Lipinski definition) is 8. The highest BCUT2D eigenvalue weighted by atomic mass is 16.6. The number of hydrogen-bond donors (Lipinski definition) is 1. The quantitative estimate of drug-likeness (QED) is 0.395. The highest BCUT2D eigenvalue weighted by Gasteiger charge is 2.26. The lowest BCUT2D eigenvalue weighted by Crippen LogP contribution is -2.35. The minimum Gasteiger partial charge on any atom is -0.493 e. The van der Waals surface area contributed by atoms with Crippen molar-refractivity contribution < 1.29 is 33.5 Å². The van der Waals surface area contributed by atoms with E-state index in [1.54, 1.807) is 26.2 Å². The second-order valence-corrected chi connectivity index (χ2v) is 5.67. The molecule has 0 fully saturated rings. The monoisotopic (exact) mass is 405 g/mol. The van der Waals surface area contributed by atoms with Crippen LogP contribution in [0, 0.1) is 10.1 Å². The Morgan fingerprint density at radius 2 is 1.97 bits per heavy atom. The third-order valence-corrected chi connectivity index (χ3v) is 3.76. The van der Waals surface area contributed by atoms with E-state index in [9.17, 15) is 24.5 Å². The Morgan fingerprint density at radius 1 is 1.24 bits per heavy atom. The van der Waals surface area contributed by atoms with E-state index in [1.807, 2.05) is 0 Å². The summed E-state index contributed by atoms with van der Waals surface area (Å²) in [5.74, 6) is -2.51. The topological polar surface area (TPSA) is 139 Å². The lowest BCUT2D eigenvalue weighted by molar-refractivity contribution is -0.385. The van der Waals surface area contributed by atoms with Crippen molar-refractivity contribution in [3.63, 3.8) is 0 Å². The molecule has 1 aromatic carbocycles. The van der Waals surface area contributed by atoms with Crippen molar-refractivity contribution in [2.45, 2.75) is 6.92 Å². The summed E-state index contributed by atoms with van der Waals surface area (Å²) in [5.41, 5.74) is -0.757. The Balaban J connectivity index is 2.11. The Bertz CT molecular complexity index is 951. The van der Waals surface area contributed by atoms with Crippen LogP contribution in [-0.2, 0) is 16.6 Å². The van der Waals surface area contributed by atoms with Gasteiger partial charge in [0, 0.05) is 19.3 Å². The van der Waals surface area contributed by atoms with Crippen molar-refractivity contribution in [2.75, 3.05) is 20.3 Å². The first-order chi connectivity index (χ1) is 13.8. The Kier molecular flexibility index (Phi) is 6.90. The van der Waals surface area contributed by atoms with E-state index in [4.69, 9.17) is 14.2 Å². The van der Waals surface area contributed by atoms with Gasteiger partial charge >= 0.3 is 5.97 Å².